The number of nitrogens with zero attached hydrogens (tertiary/aromatic N) is 3. The molecule has 0 spiro atoms. The summed E-state index contributed by atoms with van der Waals surface area (Å²) in [6.07, 6.45) is -3.16. The third kappa shape index (κ3) is 3.14. The minimum absolute atomic E-state index is 0.0837. The standard InChI is InChI=1S/C17H18F3N5O2/c18-17(19,20)16(27)25-13-2-1-10(21)7-11(13)14(23-25)15(26)22-12-8-24-5-3-9(12)4-6-24/h1-2,7,9,12H,3-6,8,21H2,(H,22,26)/t12-/m1/s1. The van der Waals surface area contributed by atoms with Gasteiger partial charge >= 0.3 is 12.1 Å². The fourth-order valence-corrected chi connectivity index (χ4v) is 3.94. The first-order valence-corrected chi connectivity index (χ1v) is 8.67. The highest BCUT2D eigenvalue weighted by Crippen LogP contribution is 2.29. The molecule has 3 saturated heterocycles. The predicted molar refractivity (Wildman–Crippen MR) is 91.2 cm³/mol. The van der Waals surface area contributed by atoms with E-state index in [-0.39, 0.29) is 33.0 Å². The van der Waals surface area contributed by atoms with Crippen molar-refractivity contribution in [1.29, 1.82) is 0 Å². The monoisotopic (exact) mass is 381 g/mol. The van der Waals surface area contributed by atoms with Gasteiger partial charge in [-0.25, -0.2) is 0 Å². The molecular formula is C17H18F3N5O2. The van der Waals surface area contributed by atoms with E-state index in [4.69, 9.17) is 5.73 Å². The van der Waals surface area contributed by atoms with Gasteiger partial charge < -0.3 is 16.0 Å². The van der Waals surface area contributed by atoms with Crippen molar-refractivity contribution in [2.45, 2.75) is 25.1 Å². The first-order valence-electron chi connectivity index (χ1n) is 8.67. The SMILES string of the molecule is Nc1ccc2c(c1)c(C(=O)N[C@@H]1CN3CCC1CC3)nn2C(=O)C(F)(F)F. The number of benzene rings is 1. The highest BCUT2D eigenvalue weighted by atomic mass is 19.4. The molecule has 3 aliphatic rings. The number of fused-ring (bicyclic) bond motifs is 4. The summed E-state index contributed by atoms with van der Waals surface area (Å²) >= 11 is 0. The van der Waals surface area contributed by atoms with Crippen LogP contribution in [0.2, 0.25) is 0 Å². The van der Waals surface area contributed by atoms with Crippen LogP contribution in [0.1, 0.15) is 28.1 Å². The summed E-state index contributed by atoms with van der Waals surface area (Å²) in [5.74, 6) is -2.41. The maximum atomic E-state index is 12.9. The van der Waals surface area contributed by atoms with E-state index >= 15 is 0 Å². The van der Waals surface area contributed by atoms with E-state index < -0.39 is 18.0 Å². The number of aromatic nitrogens is 2. The lowest BCUT2D eigenvalue weighted by atomic mass is 9.84. The molecule has 1 aromatic carbocycles. The van der Waals surface area contributed by atoms with Gasteiger partial charge in [-0.15, -0.1) is 0 Å². The summed E-state index contributed by atoms with van der Waals surface area (Å²) in [6.45, 7) is 2.69. The van der Waals surface area contributed by atoms with Gasteiger partial charge in [0.25, 0.3) is 5.91 Å². The molecular weight excluding hydrogens is 363 g/mol. The normalized spacial score (nSPS) is 24.9. The number of hydrogen-bond acceptors (Lipinski definition) is 5. The molecule has 2 aromatic rings. The molecule has 1 aromatic heterocycles. The second-order valence-corrected chi connectivity index (χ2v) is 7.06. The summed E-state index contributed by atoms with van der Waals surface area (Å²) in [5, 5.41) is 6.69. The number of nitrogen functional groups attached to an aromatic ring is 1. The van der Waals surface area contributed by atoms with Crippen molar-refractivity contribution in [2.75, 3.05) is 25.4 Å². The number of amides is 1. The number of anilines is 1. The number of nitrogens with one attached hydrogen (secondary N) is 1. The average Bonchev–Trinajstić information content (AvgIpc) is 2.99. The smallest absolute Gasteiger partial charge is 0.399 e. The fourth-order valence-electron chi connectivity index (χ4n) is 3.94. The minimum Gasteiger partial charge on any atom is -0.399 e. The molecule has 5 rings (SSSR count). The molecule has 4 heterocycles. The Hall–Kier alpha value is -2.62. The molecule has 1 atom stereocenters. The van der Waals surface area contributed by atoms with Crippen molar-refractivity contribution in [1.82, 2.24) is 20.0 Å². The minimum atomic E-state index is -5.11. The molecule has 3 fully saturated rings. The maximum absolute atomic E-state index is 12.9. The summed E-state index contributed by atoms with van der Waals surface area (Å²) in [6, 6.07) is 3.89. The zero-order valence-corrected chi connectivity index (χ0v) is 14.3. The Morgan fingerprint density at radius 3 is 2.52 bits per heavy atom. The summed E-state index contributed by atoms with van der Waals surface area (Å²) in [5.41, 5.74) is 5.64. The lowest BCUT2D eigenvalue weighted by Gasteiger charge is -2.44. The summed E-state index contributed by atoms with van der Waals surface area (Å²) in [7, 11) is 0. The molecule has 1 amide bonds. The highest BCUT2D eigenvalue weighted by molar-refractivity contribution is 6.08. The number of hydrogen-bond donors (Lipinski definition) is 2. The number of carbonyl (C=O) groups excluding carboxylic acids is 2. The van der Waals surface area contributed by atoms with Crippen LogP contribution < -0.4 is 11.1 Å². The number of alkyl halides is 3. The molecule has 10 heteroatoms. The molecule has 7 nitrogen and oxygen atoms in total. The Balaban J connectivity index is 1.69. The summed E-state index contributed by atoms with van der Waals surface area (Å²) in [4.78, 5) is 26.7. The van der Waals surface area contributed by atoms with Crippen LogP contribution in [0.4, 0.5) is 18.9 Å². The topological polar surface area (TPSA) is 93.2 Å². The van der Waals surface area contributed by atoms with Crippen molar-refractivity contribution < 1.29 is 22.8 Å². The van der Waals surface area contributed by atoms with Crippen LogP contribution in [-0.2, 0) is 0 Å². The third-order valence-electron chi connectivity index (χ3n) is 5.33. The van der Waals surface area contributed by atoms with Crippen LogP contribution in [0.15, 0.2) is 18.2 Å². The zero-order valence-electron chi connectivity index (χ0n) is 14.3. The van der Waals surface area contributed by atoms with Crippen LogP contribution in [0.5, 0.6) is 0 Å². The van der Waals surface area contributed by atoms with Gasteiger partial charge in [0.2, 0.25) is 0 Å². The van der Waals surface area contributed by atoms with Crippen molar-refractivity contribution >= 4 is 28.4 Å². The number of piperidine rings is 3. The van der Waals surface area contributed by atoms with Gasteiger partial charge in [-0.3, -0.25) is 9.59 Å². The first kappa shape index (κ1) is 17.8. The molecule has 3 aliphatic heterocycles. The average molecular weight is 381 g/mol. The first-order chi connectivity index (χ1) is 12.7. The van der Waals surface area contributed by atoms with Crippen LogP contribution in [0.25, 0.3) is 10.9 Å². The van der Waals surface area contributed by atoms with E-state index in [1.807, 2.05) is 0 Å². The van der Waals surface area contributed by atoms with E-state index in [9.17, 15) is 22.8 Å². The molecule has 0 saturated carbocycles. The van der Waals surface area contributed by atoms with Crippen molar-refractivity contribution in [3.63, 3.8) is 0 Å². The lowest BCUT2D eigenvalue weighted by Crippen LogP contribution is -2.57. The van der Waals surface area contributed by atoms with Gasteiger partial charge in [-0.1, -0.05) is 0 Å². The molecule has 27 heavy (non-hydrogen) atoms. The number of carbonyl (C=O) groups is 2. The predicted octanol–water partition coefficient (Wildman–Crippen LogP) is 1.65. The number of rotatable bonds is 2. The Labute approximate surface area is 152 Å². The lowest BCUT2D eigenvalue weighted by molar-refractivity contribution is -0.0952. The van der Waals surface area contributed by atoms with Crippen molar-refractivity contribution in [2.24, 2.45) is 5.92 Å². The largest absolute Gasteiger partial charge is 0.473 e. The molecule has 3 N–H and O–H groups in total. The molecule has 0 radical (unpaired) electrons. The van der Waals surface area contributed by atoms with E-state index in [1.165, 1.54) is 18.2 Å². The van der Waals surface area contributed by atoms with E-state index in [1.54, 1.807) is 0 Å². The quantitative estimate of drug-likeness (QED) is 0.772. The zero-order chi connectivity index (χ0) is 19.3. The Bertz CT molecular complexity index is 915. The van der Waals surface area contributed by atoms with Gasteiger partial charge in [-0.05, 0) is 50.0 Å². The van der Waals surface area contributed by atoms with Gasteiger partial charge in [-0.2, -0.15) is 23.0 Å². The summed E-state index contributed by atoms with van der Waals surface area (Å²) < 4.78 is 38.9. The maximum Gasteiger partial charge on any atom is 0.473 e. The molecule has 144 valence electrons. The van der Waals surface area contributed by atoms with E-state index in [2.05, 4.69) is 15.3 Å². The molecule has 0 aliphatic carbocycles. The van der Waals surface area contributed by atoms with Gasteiger partial charge in [0.05, 0.1) is 5.52 Å². The van der Waals surface area contributed by atoms with Crippen LogP contribution in [0, 0.1) is 5.92 Å². The Kier molecular flexibility index (Phi) is 4.10. The fraction of sp³-hybridized carbons (Fsp3) is 0.471. The number of nitrogens with two attached hydrogens (primary N) is 1. The van der Waals surface area contributed by atoms with Crippen LogP contribution >= 0.6 is 0 Å². The van der Waals surface area contributed by atoms with Crippen LogP contribution in [-0.4, -0.2) is 58.3 Å². The van der Waals surface area contributed by atoms with Crippen molar-refractivity contribution in [3.8, 4) is 0 Å². The van der Waals surface area contributed by atoms with Gasteiger partial charge in [0, 0.05) is 23.7 Å². The number of halogens is 3. The van der Waals surface area contributed by atoms with E-state index in [0.29, 0.717) is 12.5 Å². The van der Waals surface area contributed by atoms with Gasteiger partial charge in [0.1, 0.15) is 0 Å². The molecule has 0 unspecified atom stereocenters. The molecule has 2 bridgehead atoms. The second-order valence-electron chi connectivity index (χ2n) is 7.06. The Morgan fingerprint density at radius 2 is 1.93 bits per heavy atom. The highest BCUT2D eigenvalue weighted by Gasteiger charge is 2.42. The van der Waals surface area contributed by atoms with Crippen molar-refractivity contribution in [3.05, 3.63) is 23.9 Å². The van der Waals surface area contributed by atoms with E-state index in [0.717, 1.165) is 25.9 Å². The van der Waals surface area contributed by atoms with Gasteiger partial charge in [0.15, 0.2) is 5.69 Å². The third-order valence-corrected chi connectivity index (χ3v) is 5.33. The Morgan fingerprint density at radius 1 is 1.22 bits per heavy atom. The second kappa shape index (κ2) is 6.22. The van der Waals surface area contributed by atoms with Crippen LogP contribution in [0.3, 0.4) is 0 Å².